The first kappa shape index (κ1) is 22.2. The topological polar surface area (TPSA) is 63.3 Å². The van der Waals surface area contributed by atoms with E-state index >= 15 is 0 Å². The average molecular weight is 617 g/mol. The van der Waals surface area contributed by atoms with Crippen LogP contribution in [0.2, 0.25) is 0 Å². The predicted octanol–water partition coefficient (Wildman–Crippen LogP) is 7.34. The van der Waals surface area contributed by atoms with Crippen LogP contribution in [0.5, 0.6) is 0 Å². The summed E-state index contributed by atoms with van der Waals surface area (Å²) in [4.78, 5) is 14.9. The number of carbonyl (C=O) groups excluding carboxylic acids is 1. The summed E-state index contributed by atoms with van der Waals surface area (Å²) in [5.41, 5.74) is 3.54. The van der Waals surface area contributed by atoms with Crippen LogP contribution in [-0.4, -0.2) is 15.9 Å². The Hall–Kier alpha value is -3.05. The van der Waals surface area contributed by atoms with Crippen molar-refractivity contribution in [2.24, 2.45) is 0 Å². The van der Waals surface area contributed by atoms with Crippen molar-refractivity contribution >= 4 is 70.3 Å². The first-order chi connectivity index (χ1) is 15.0. The Morgan fingerprint density at radius 3 is 2.56 bits per heavy atom. The Morgan fingerprint density at radius 1 is 1.03 bits per heavy atom. The first-order valence-corrected chi connectivity index (χ1v) is 10.6. The Bertz CT molecular complexity index is 1640. The minimum absolute atomic E-state index is 0. The van der Waals surface area contributed by atoms with E-state index in [9.17, 15) is 4.79 Å². The van der Waals surface area contributed by atoms with Gasteiger partial charge in [0, 0.05) is 47.2 Å². The van der Waals surface area contributed by atoms with Crippen LogP contribution >= 0.6 is 11.3 Å². The summed E-state index contributed by atoms with van der Waals surface area (Å²) >= 11 is 1.79. The van der Waals surface area contributed by atoms with Crippen molar-refractivity contribution in [3.8, 4) is 0 Å². The molecule has 3 aromatic heterocycles. The van der Waals surface area contributed by atoms with Crippen LogP contribution in [0, 0.1) is 6.07 Å². The molecule has 6 aromatic rings. The number of benzene rings is 3. The molecule has 3 aromatic carbocycles. The molecule has 0 aliphatic heterocycles. The third-order valence-corrected chi connectivity index (χ3v) is 6.09. The molecule has 0 atom stereocenters. The van der Waals surface area contributed by atoms with Crippen molar-refractivity contribution in [1.82, 2.24) is 4.98 Å². The monoisotopic (exact) mass is 617 g/mol. The number of ketones is 1. The fraction of sp³-hybridized carbons (Fsp3) is 0.0769. The molecule has 0 unspecified atom stereocenters. The Morgan fingerprint density at radius 2 is 1.81 bits per heavy atom. The van der Waals surface area contributed by atoms with E-state index in [2.05, 4.69) is 36.4 Å². The molecule has 0 amide bonds. The molecule has 0 bridgehead atoms. The number of hydrogen-bond donors (Lipinski definition) is 1. The minimum Gasteiger partial charge on any atom is -0.512 e. The van der Waals surface area contributed by atoms with Gasteiger partial charge in [-0.2, -0.15) is 11.3 Å². The molecule has 161 valence electrons. The van der Waals surface area contributed by atoms with E-state index in [1.165, 1.54) is 40.1 Å². The maximum atomic E-state index is 10.0. The second-order valence-electron chi connectivity index (χ2n) is 7.35. The van der Waals surface area contributed by atoms with Gasteiger partial charge < -0.3 is 9.52 Å². The van der Waals surface area contributed by atoms with E-state index in [0.29, 0.717) is 0 Å². The molecule has 32 heavy (non-hydrogen) atoms. The van der Waals surface area contributed by atoms with Crippen molar-refractivity contribution in [1.29, 1.82) is 0 Å². The molecule has 0 aliphatic rings. The van der Waals surface area contributed by atoms with Gasteiger partial charge in [0.05, 0.1) is 11.3 Å². The van der Waals surface area contributed by atoms with Crippen LogP contribution in [-0.2, 0) is 24.9 Å². The van der Waals surface area contributed by atoms with Gasteiger partial charge in [-0.25, -0.2) is 0 Å². The van der Waals surface area contributed by atoms with Gasteiger partial charge in [0.25, 0.3) is 0 Å². The Balaban J connectivity index is 0.000000271. The van der Waals surface area contributed by atoms with Crippen molar-refractivity contribution in [3.05, 3.63) is 78.6 Å². The molecule has 6 heteroatoms. The Kier molecular flexibility index (Phi) is 6.11. The molecule has 0 saturated heterocycles. The van der Waals surface area contributed by atoms with Crippen molar-refractivity contribution in [3.63, 3.8) is 0 Å². The summed E-state index contributed by atoms with van der Waals surface area (Å²) < 4.78 is 8.80. The van der Waals surface area contributed by atoms with E-state index < -0.39 is 0 Å². The molecule has 1 N–H and O–H groups in total. The molecule has 6 rings (SSSR count). The van der Waals surface area contributed by atoms with Crippen LogP contribution in [0.15, 0.2) is 76.9 Å². The van der Waals surface area contributed by atoms with E-state index in [0.717, 1.165) is 33.0 Å². The van der Waals surface area contributed by atoms with Gasteiger partial charge in [0.15, 0.2) is 5.78 Å². The number of pyridine rings is 1. The summed E-state index contributed by atoms with van der Waals surface area (Å²) in [5.74, 6) is -0.0625. The summed E-state index contributed by atoms with van der Waals surface area (Å²) in [6, 6.07) is 24.0. The summed E-state index contributed by atoms with van der Waals surface area (Å²) in [6.07, 6.45) is 1.17. The van der Waals surface area contributed by atoms with E-state index in [4.69, 9.17) is 14.5 Å². The normalized spacial score (nSPS) is 11.6. The SMILES string of the molecule is CC(=O)/C=C(/C)O.[Ir].[c-]1ccc2sc3cccc4oc5cc6ccccc6nc5c1c2c43. The van der Waals surface area contributed by atoms with Gasteiger partial charge in [-0.1, -0.05) is 29.7 Å². The van der Waals surface area contributed by atoms with Gasteiger partial charge in [-0.05, 0) is 42.8 Å². The summed E-state index contributed by atoms with van der Waals surface area (Å²) in [7, 11) is 0. The number of aliphatic hydroxyl groups excluding tert-OH is 1. The number of fused-ring (bicyclic) bond motifs is 3. The Labute approximate surface area is 201 Å². The standard InChI is InChI=1S/C21H10NOS.C5H8O2.Ir/c1-2-7-14-12(5-1)11-16-21(22-14)13-6-3-9-17-19(13)20-15(23-16)8-4-10-18(20)24-17;1-4(6)3-5(2)7;/h1-5,7-11H;3,6H,1-2H3;/q-1;;/b;4-3-;. The van der Waals surface area contributed by atoms with E-state index in [1.54, 1.807) is 11.3 Å². The minimum atomic E-state index is -0.125. The zero-order valence-corrected chi connectivity index (χ0v) is 20.5. The number of carbonyl (C=O) groups is 1. The maximum absolute atomic E-state index is 10.0. The van der Waals surface area contributed by atoms with E-state index in [1.807, 2.05) is 30.3 Å². The maximum Gasteiger partial charge on any atom is 0.155 e. The molecular weight excluding hydrogens is 599 g/mol. The molecule has 1 radical (unpaired) electrons. The smallest absolute Gasteiger partial charge is 0.155 e. The summed E-state index contributed by atoms with van der Waals surface area (Å²) in [6.45, 7) is 2.85. The molecule has 3 heterocycles. The fourth-order valence-electron chi connectivity index (χ4n) is 3.81. The average Bonchev–Trinajstić information content (AvgIpc) is 3.05. The van der Waals surface area contributed by atoms with Gasteiger partial charge in [-0.3, -0.25) is 9.78 Å². The second kappa shape index (κ2) is 8.83. The zero-order valence-electron chi connectivity index (χ0n) is 17.3. The predicted molar refractivity (Wildman–Crippen MR) is 128 cm³/mol. The number of para-hydroxylation sites is 1. The number of thiophene rings is 1. The van der Waals surface area contributed by atoms with E-state index in [-0.39, 0.29) is 31.6 Å². The third-order valence-electron chi connectivity index (χ3n) is 4.97. The van der Waals surface area contributed by atoms with Crippen molar-refractivity contribution in [2.75, 3.05) is 0 Å². The van der Waals surface area contributed by atoms with Gasteiger partial charge in [0.1, 0.15) is 11.2 Å². The number of nitrogens with zero attached hydrogens (tertiary/aromatic N) is 1. The van der Waals surface area contributed by atoms with Gasteiger partial charge >= 0.3 is 0 Å². The van der Waals surface area contributed by atoms with Crippen LogP contribution in [0.1, 0.15) is 13.8 Å². The van der Waals surface area contributed by atoms with Crippen molar-refractivity contribution < 1.29 is 34.4 Å². The van der Waals surface area contributed by atoms with Crippen LogP contribution in [0.3, 0.4) is 0 Å². The molecule has 0 aliphatic carbocycles. The number of allylic oxidation sites excluding steroid dienone is 2. The number of hydrogen-bond acceptors (Lipinski definition) is 5. The number of aliphatic hydroxyl groups is 1. The first-order valence-electron chi connectivity index (χ1n) is 9.83. The summed E-state index contributed by atoms with van der Waals surface area (Å²) in [5, 5.41) is 12.9. The molecule has 0 saturated carbocycles. The fourth-order valence-corrected chi connectivity index (χ4v) is 4.94. The largest absolute Gasteiger partial charge is 0.512 e. The third kappa shape index (κ3) is 3.93. The molecule has 0 spiro atoms. The zero-order chi connectivity index (χ0) is 21.5. The van der Waals surface area contributed by atoms with Crippen LogP contribution in [0.25, 0.3) is 53.1 Å². The molecule has 4 nitrogen and oxygen atoms in total. The van der Waals surface area contributed by atoms with Gasteiger partial charge in [-0.15, -0.1) is 23.6 Å². The number of aromatic nitrogens is 1. The van der Waals surface area contributed by atoms with Crippen molar-refractivity contribution in [2.45, 2.75) is 13.8 Å². The quantitative estimate of drug-likeness (QED) is 0.119. The second-order valence-corrected chi connectivity index (χ2v) is 8.43. The number of rotatable bonds is 1. The van der Waals surface area contributed by atoms with Gasteiger partial charge in [0.2, 0.25) is 0 Å². The molecular formula is C26H18IrNO3S-. The van der Waals surface area contributed by atoms with Crippen LogP contribution < -0.4 is 0 Å². The van der Waals surface area contributed by atoms with Crippen LogP contribution in [0.4, 0.5) is 0 Å². The molecule has 0 fully saturated rings.